The Morgan fingerprint density at radius 1 is 1.26 bits per heavy atom. The molecule has 27 heavy (non-hydrogen) atoms. The number of amides is 1. The average molecular weight is 361 g/mol. The lowest BCUT2D eigenvalue weighted by molar-refractivity contribution is -0.118. The van der Waals surface area contributed by atoms with Gasteiger partial charge < -0.3 is 4.90 Å². The van der Waals surface area contributed by atoms with Crippen molar-refractivity contribution in [3.8, 4) is 6.07 Å². The number of rotatable bonds is 4. The number of anilines is 1. The molecule has 2 heterocycles. The Balaban J connectivity index is 1.83. The fourth-order valence-electron chi connectivity index (χ4n) is 3.38. The van der Waals surface area contributed by atoms with Crippen molar-refractivity contribution in [3.05, 3.63) is 58.0 Å². The first-order chi connectivity index (χ1) is 12.8. The molecule has 3 rings (SSSR count). The predicted octanol–water partition coefficient (Wildman–Crippen LogP) is 3.43. The maximum absolute atomic E-state index is 12.8. The summed E-state index contributed by atoms with van der Waals surface area (Å²) in [6, 6.07) is 8.10. The molecule has 0 saturated heterocycles. The zero-order chi connectivity index (χ0) is 19.7. The lowest BCUT2D eigenvalue weighted by Crippen LogP contribution is -2.27. The minimum Gasteiger partial charge on any atom is -0.315 e. The van der Waals surface area contributed by atoms with Crippen molar-refractivity contribution in [2.24, 2.45) is 0 Å². The Bertz CT molecular complexity index is 1070. The van der Waals surface area contributed by atoms with Gasteiger partial charge in [0.1, 0.15) is 11.6 Å². The molecule has 6 nitrogen and oxygen atoms in total. The van der Waals surface area contributed by atoms with E-state index in [1.54, 1.807) is 9.42 Å². The Labute approximate surface area is 159 Å². The summed E-state index contributed by atoms with van der Waals surface area (Å²) in [6.07, 6.45) is 2.49. The summed E-state index contributed by atoms with van der Waals surface area (Å²) in [5.74, 6) is 0.0563. The largest absolute Gasteiger partial charge is 0.315 e. The van der Waals surface area contributed by atoms with Crippen molar-refractivity contribution in [2.45, 2.75) is 40.5 Å². The van der Waals surface area contributed by atoms with E-state index in [0.717, 1.165) is 28.2 Å². The van der Waals surface area contributed by atoms with Crippen LogP contribution in [0, 0.1) is 39.0 Å². The molecule has 0 bridgehead atoms. The van der Waals surface area contributed by atoms with Crippen LogP contribution in [0.4, 0.5) is 5.69 Å². The van der Waals surface area contributed by atoms with Gasteiger partial charge in [-0.3, -0.25) is 4.79 Å². The summed E-state index contributed by atoms with van der Waals surface area (Å²) in [6.45, 7) is 7.94. The standard InChI is InChI=1S/C21H23N5O/c1-13-7-6-8-19(14(13)2)25(5)20(27)10-9-18-15(3)24-21-17(11-22)12-23-26(21)16(18)4/h6-8,12H,9-10H2,1-5H3. The van der Waals surface area contributed by atoms with E-state index < -0.39 is 0 Å². The molecule has 0 saturated carbocycles. The third-order valence-electron chi connectivity index (χ3n) is 5.23. The average Bonchev–Trinajstić information content (AvgIpc) is 3.06. The number of aromatic nitrogens is 3. The van der Waals surface area contributed by atoms with E-state index in [0.29, 0.717) is 24.1 Å². The van der Waals surface area contributed by atoms with Gasteiger partial charge in [0.25, 0.3) is 0 Å². The van der Waals surface area contributed by atoms with Crippen molar-refractivity contribution in [2.75, 3.05) is 11.9 Å². The highest BCUT2D eigenvalue weighted by atomic mass is 16.2. The smallest absolute Gasteiger partial charge is 0.227 e. The molecule has 0 N–H and O–H groups in total. The summed E-state index contributed by atoms with van der Waals surface area (Å²) >= 11 is 0. The SMILES string of the molecule is Cc1cccc(N(C)C(=O)CCc2c(C)nc3c(C#N)cnn3c2C)c1C. The number of hydrogen-bond acceptors (Lipinski definition) is 4. The molecule has 3 aromatic rings. The van der Waals surface area contributed by atoms with Crippen molar-refractivity contribution in [1.29, 1.82) is 5.26 Å². The maximum Gasteiger partial charge on any atom is 0.227 e. The molecule has 0 unspecified atom stereocenters. The fourth-order valence-corrected chi connectivity index (χ4v) is 3.38. The van der Waals surface area contributed by atoms with Gasteiger partial charge in [0, 0.05) is 30.5 Å². The normalized spacial score (nSPS) is 10.8. The van der Waals surface area contributed by atoms with Crippen LogP contribution in [0.2, 0.25) is 0 Å². The molecule has 2 aromatic heterocycles. The van der Waals surface area contributed by atoms with Crippen LogP contribution in [0.25, 0.3) is 5.65 Å². The number of hydrogen-bond donors (Lipinski definition) is 0. The van der Waals surface area contributed by atoms with Gasteiger partial charge in [0.05, 0.1) is 6.20 Å². The first kappa shape index (κ1) is 18.6. The van der Waals surface area contributed by atoms with E-state index in [1.165, 1.54) is 11.8 Å². The lowest BCUT2D eigenvalue weighted by atomic mass is 10.0. The van der Waals surface area contributed by atoms with Crippen molar-refractivity contribution in [3.63, 3.8) is 0 Å². The fraction of sp³-hybridized carbons (Fsp3) is 0.333. The molecule has 1 amide bonds. The summed E-state index contributed by atoms with van der Waals surface area (Å²) in [4.78, 5) is 19.0. The molecule has 0 spiro atoms. The van der Waals surface area contributed by atoms with Gasteiger partial charge in [-0.2, -0.15) is 10.4 Å². The molecule has 138 valence electrons. The minimum atomic E-state index is 0.0563. The van der Waals surface area contributed by atoms with Crippen molar-refractivity contribution < 1.29 is 4.79 Å². The third kappa shape index (κ3) is 3.28. The Morgan fingerprint density at radius 2 is 2.00 bits per heavy atom. The van der Waals surface area contributed by atoms with E-state index >= 15 is 0 Å². The van der Waals surface area contributed by atoms with Crippen LogP contribution >= 0.6 is 0 Å². The number of nitrogens with zero attached hydrogens (tertiary/aromatic N) is 5. The molecular weight excluding hydrogens is 338 g/mol. The highest BCUT2D eigenvalue weighted by Crippen LogP contribution is 2.23. The molecule has 0 atom stereocenters. The first-order valence-electron chi connectivity index (χ1n) is 8.91. The van der Waals surface area contributed by atoms with Gasteiger partial charge in [-0.05, 0) is 56.9 Å². The molecule has 0 aliphatic carbocycles. The van der Waals surface area contributed by atoms with Gasteiger partial charge in [-0.15, -0.1) is 0 Å². The second-order valence-corrected chi connectivity index (χ2v) is 6.84. The Morgan fingerprint density at radius 3 is 2.70 bits per heavy atom. The molecule has 1 aromatic carbocycles. The molecule has 0 radical (unpaired) electrons. The quantitative estimate of drug-likeness (QED) is 0.713. The summed E-state index contributed by atoms with van der Waals surface area (Å²) < 4.78 is 1.68. The maximum atomic E-state index is 12.8. The monoisotopic (exact) mass is 361 g/mol. The highest BCUT2D eigenvalue weighted by Gasteiger charge is 2.17. The van der Waals surface area contributed by atoms with Crippen LogP contribution in [0.5, 0.6) is 0 Å². The van der Waals surface area contributed by atoms with Crippen LogP contribution in [-0.4, -0.2) is 27.6 Å². The number of carbonyl (C=O) groups excluding carboxylic acids is 1. The second-order valence-electron chi connectivity index (χ2n) is 6.84. The van der Waals surface area contributed by atoms with Gasteiger partial charge in [-0.1, -0.05) is 12.1 Å². The summed E-state index contributed by atoms with van der Waals surface area (Å²) in [5, 5.41) is 13.4. The number of nitriles is 1. The third-order valence-corrected chi connectivity index (χ3v) is 5.23. The van der Waals surface area contributed by atoms with Gasteiger partial charge in [0.15, 0.2) is 5.65 Å². The highest BCUT2D eigenvalue weighted by molar-refractivity contribution is 5.93. The molecule has 0 fully saturated rings. The van der Waals surface area contributed by atoms with E-state index in [4.69, 9.17) is 5.26 Å². The molecule has 6 heteroatoms. The van der Waals surface area contributed by atoms with Gasteiger partial charge >= 0.3 is 0 Å². The van der Waals surface area contributed by atoms with Gasteiger partial charge in [0.2, 0.25) is 5.91 Å². The molecule has 0 aliphatic rings. The number of benzene rings is 1. The van der Waals surface area contributed by atoms with Crippen LogP contribution in [0.3, 0.4) is 0 Å². The van der Waals surface area contributed by atoms with Crippen molar-refractivity contribution in [1.82, 2.24) is 14.6 Å². The van der Waals surface area contributed by atoms with E-state index in [-0.39, 0.29) is 5.91 Å². The van der Waals surface area contributed by atoms with Crippen LogP contribution in [-0.2, 0) is 11.2 Å². The number of carbonyl (C=O) groups is 1. The van der Waals surface area contributed by atoms with Crippen molar-refractivity contribution >= 4 is 17.2 Å². The number of aryl methyl sites for hydroxylation is 3. The predicted molar refractivity (Wildman–Crippen MR) is 105 cm³/mol. The lowest BCUT2D eigenvalue weighted by Gasteiger charge is -2.21. The van der Waals surface area contributed by atoms with Crippen LogP contribution < -0.4 is 4.90 Å². The summed E-state index contributed by atoms with van der Waals surface area (Å²) in [7, 11) is 1.82. The molecular formula is C21H23N5O. The first-order valence-corrected chi connectivity index (χ1v) is 8.91. The zero-order valence-electron chi connectivity index (χ0n) is 16.4. The minimum absolute atomic E-state index is 0.0563. The Kier molecular flexibility index (Phi) is 4.95. The van der Waals surface area contributed by atoms with E-state index in [9.17, 15) is 4.79 Å². The van der Waals surface area contributed by atoms with E-state index in [2.05, 4.69) is 16.2 Å². The summed E-state index contributed by atoms with van der Waals surface area (Å²) in [5.41, 5.74) is 6.99. The van der Waals surface area contributed by atoms with Crippen LogP contribution in [0.1, 0.15) is 40.1 Å². The second kappa shape index (κ2) is 7.20. The molecule has 0 aliphatic heterocycles. The number of fused-ring (bicyclic) bond motifs is 1. The zero-order valence-corrected chi connectivity index (χ0v) is 16.4. The van der Waals surface area contributed by atoms with Crippen LogP contribution in [0.15, 0.2) is 24.4 Å². The topological polar surface area (TPSA) is 74.3 Å². The van der Waals surface area contributed by atoms with E-state index in [1.807, 2.05) is 52.9 Å². The van der Waals surface area contributed by atoms with Gasteiger partial charge in [-0.25, -0.2) is 9.50 Å². The Hall–Kier alpha value is -3.20.